The number of aryl methyl sites for hydroxylation is 1. The molecule has 1 atom stereocenters. The number of rotatable bonds is 14. The van der Waals surface area contributed by atoms with Crippen LogP contribution < -0.4 is 14.4 Å². The zero-order chi connectivity index (χ0) is 32.4. The molecule has 10 heteroatoms. The number of hydrogen-bond donors (Lipinski definition) is 1. The fraction of sp³-hybridized carbons (Fsp3) is 0.257. The van der Waals surface area contributed by atoms with E-state index in [9.17, 15) is 18.0 Å². The molecule has 2 amide bonds. The summed E-state index contributed by atoms with van der Waals surface area (Å²) in [7, 11) is -2.74. The summed E-state index contributed by atoms with van der Waals surface area (Å²) in [6, 6.07) is 28.5. The van der Waals surface area contributed by atoms with Gasteiger partial charge in [-0.3, -0.25) is 13.9 Å². The van der Waals surface area contributed by atoms with Crippen LogP contribution in [0.3, 0.4) is 0 Å². The molecule has 0 unspecified atom stereocenters. The van der Waals surface area contributed by atoms with E-state index in [-0.39, 0.29) is 29.5 Å². The molecule has 4 rings (SSSR count). The van der Waals surface area contributed by atoms with Gasteiger partial charge in [-0.2, -0.15) is 0 Å². The maximum Gasteiger partial charge on any atom is 0.264 e. The second kappa shape index (κ2) is 15.6. The van der Waals surface area contributed by atoms with E-state index >= 15 is 0 Å². The van der Waals surface area contributed by atoms with Gasteiger partial charge in [0.2, 0.25) is 11.8 Å². The van der Waals surface area contributed by atoms with Gasteiger partial charge in [0, 0.05) is 30.6 Å². The topological polar surface area (TPSA) is 96.0 Å². The van der Waals surface area contributed by atoms with Gasteiger partial charge in [0.05, 0.1) is 17.7 Å². The van der Waals surface area contributed by atoms with Gasteiger partial charge in [-0.15, -0.1) is 0 Å². The Bertz CT molecular complexity index is 1700. The lowest BCUT2D eigenvalue weighted by Gasteiger charge is -2.34. The summed E-state index contributed by atoms with van der Waals surface area (Å²) in [5, 5.41) is 3.37. The van der Waals surface area contributed by atoms with E-state index in [0.29, 0.717) is 29.3 Å². The molecule has 8 nitrogen and oxygen atoms in total. The van der Waals surface area contributed by atoms with Crippen LogP contribution in [0.5, 0.6) is 5.75 Å². The molecule has 0 bridgehead atoms. The third-order valence-electron chi connectivity index (χ3n) is 7.35. The second-order valence-corrected chi connectivity index (χ2v) is 12.9. The van der Waals surface area contributed by atoms with Crippen molar-refractivity contribution in [2.75, 3.05) is 24.5 Å². The van der Waals surface area contributed by atoms with Crippen molar-refractivity contribution in [3.63, 3.8) is 0 Å². The fourth-order valence-corrected chi connectivity index (χ4v) is 6.46. The van der Waals surface area contributed by atoms with E-state index in [4.69, 9.17) is 16.3 Å². The summed E-state index contributed by atoms with van der Waals surface area (Å²) < 4.78 is 34.8. The number of nitrogens with one attached hydrogen (secondary N) is 1. The van der Waals surface area contributed by atoms with Crippen molar-refractivity contribution in [1.82, 2.24) is 10.2 Å². The van der Waals surface area contributed by atoms with Crippen LogP contribution in [0.1, 0.15) is 30.0 Å². The quantitative estimate of drug-likeness (QED) is 0.181. The van der Waals surface area contributed by atoms with Crippen LogP contribution >= 0.6 is 11.6 Å². The average Bonchev–Trinajstić information content (AvgIpc) is 3.05. The van der Waals surface area contributed by atoms with Crippen LogP contribution in [0.25, 0.3) is 0 Å². The van der Waals surface area contributed by atoms with Crippen molar-refractivity contribution >= 4 is 39.1 Å². The Balaban J connectivity index is 1.82. The molecule has 0 radical (unpaired) electrons. The third-order valence-corrected chi connectivity index (χ3v) is 9.50. The minimum Gasteiger partial charge on any atom is -0.497 e. The highest BCUT2D eigenvalue weighted by Gasteiger charge is 2.35. The van der Waals surface area contributed by atoms with Gasteiger partial charge >= 0.3 is 0 Å². The normalized spacial score (nSPS) is 11.8. The Hall–Kier alpha value is -4.34. The molecule has 0 aliphatic carbocycles. The smallest absolute Gasteiger partial charge is 0.264 e. The van der Waals surface area contributed by atoms with E-state index in [1.807, 2.05) is 44.2 Å². The fourth-order valence-electron chi connectivity index (χ4n) is 4.86. The maximum absolute atomic E-state index is 14.5. The van der Waals surface area contributed by atoms with Crippen LogP contribution in [0.4, 0.5) is 5.69 Å². The van der Waals surface area contributed by atoms with Gasteiger partial charge in [0.1, 0.15) is 18.3 Å². The maximum atomic E-state index is 14.5. The molecule has 4 aromatic rings. The first-order chi connectivity index (χ1) is 21.6. The summed E-state index contributed by atoms with van der Waals surface area (Å²) in [5.74, 6) is -0.477. The van der Waals surface area contributed by atoms with Crippen molar-refractivity contribution in [3.05, 3.63) is 125 Å². The Morgan fingerprint density at radius 3 is 2.27 bits per heavy atom. The lowest BCUT2D eigenvalue weighted by atomic mass is 10.0. The molecule has 236 valence electrons. The first kappa shape index (κ1) is 33.6. The van der Waals surface area contributed by atoms with Crippen molar-refractivity contribution in [2.24, 2.45) is 0 Å². The van der Waals surface area contributed by atoms with Gasteiger partial charge in [-0.1, -0.05) is 90.8 Å². The third kappa shape index (κ3) is 8.65. The number of amides is 2. The minimum atomic E-state index is -4.22. The van der Waals surface area contributed by atoms with Crippen LogP contribution in [0.15, 0.2) is 108 Å². The highest BCUT2D eigenvalue weighted by atomic mass is 35.5. The van der Waals surface area contributed by atoms with Gasteiger partial charge in [0.25, 0.3) is 10.0 Å². The van der Waals surface area contributed by atoms with Gasteiger partial charge < -0.3 is 15.0 Å². The number of ether oxygens (including phenoxy) is 1. The molecule has 0 aromatic heterocycles. The largest absolute Gasteiger partial charge is 0.497 e. The highest BCUT2D eigenvalue weighted by molar-refractivity contribution is 7.92. The molecule has 0 heterocycles. The standard InChI is InChI=1S/C35H38ClN3O5S/c1-4-21-37-35(41)33(22-27-11-6-5-7-12-27)38(24-28-13-8-9-16-32(28)36)34(40)25-39(29-14-10-15-30(23-29)44-3)45(42,43)31-19-17-26(2)18-20-31/h5-20,23,33H,4,21-22,24-25H2,1-3H3,(H,37,41)/t33-/m1/s1. The predicted octanol–water partition coefficient (Wildman–Crippen LogP) is 6.02. The summed E-state index contributed by atoms with van der Waals surface area (Å²) >= 11 is 6.54. The van der Waals surface area contributed by atoms with Crippen molar-refractivity contribution in [1.29, 1.82) is 0 Å². The lowest BCUT2D eigenvalue weighted by Crippen LogP contribution is -2.53. The SMILES string of the molecule is CCCNC(=O)[C@@H](Cc1ccccc1)N(Cc1ccccc1Cl)C(=O)CN(c1cccc(OC)c1)S(=O)(=O)c1ccc(C)cc1. The number of nitrogens with zero attached hydrogens (tertiary/aromatic N) is 2. The lowest BCUT2D eigenvalue weighted by molar-refractivity contribution is -0.140. The van der Waals surface area contributed by atoms with Crippen molar-refractivity contribution in [3.8, 4) is 5.75 Å². The van der Waals surface area contributed by atoms with Crippen LogP contribution in [-0.2, 0) is 32.6 Å². The van der Waals surface area contributed by atoms with Crippen LogP contribution in [0.2, 0.25) is 5.02 Å². The Labute approximate surface area is 270 Å². The zero-order valence-electron chi connectivity index (χ0n) is 25.6. The monoisotopic (exact) mass is 647 g/mol. The van der Waals surface area contributed by atoms with Gasteiger partial charge in [0.15, 0.2) is 0 Å². The molecule has 0 aliphatic heterocycles. The molecular weight excluding hydrogens is 610 g/mol. The number of halogens is 1. The number of sulfonamides is 1. The number of benzene rings is 4. The zero-order valence-corrected chi connectivity index (χ0v) is 27.2. The summed E-state index contributed by atoms with van der Waals surface area (Å²) in [6.45, 7) is 3.66. The van der Waals surface area contributed by atoms with E-state index in [2.05, 4.69) is 5.32 Å². The Kier molecular flexibility index (Phi) is 11.6. The Morgan fingerprint density at radius 1 is 0.911 bits per heavy atom. The van der Waals surface area contributed by atoms with Crippen molar-refractivity contribution in [2.45, 2.75) is 44.2 Å². The molecule has 0 fully saturated rings. The number of carbonyl (C=O) groups excluding carboxylic acids is 2. The summed E-state index contributed by atoms with van der Waals surface area (Å²) in [4.78, 5) is 29.7. The summed E-state index contributed by atoms with van der Waals surface area (Å²) in [5.41, 5.74) is 2.62. The highest BCUT2D eigenvalue weighted by Crippen LogP contribution is 2.28. The molecule has 0 spiro atoms. The molecule has 45 heavy (non-hydrogen) atoms. The number of methoxy groups -OCH3 is 1. The first-order valence-corrected chi connectivity index (χ1v) is 16.5. The van der Waals surface area contributed by atoms with Crippen molar-refractivity contribution < 1.29 is 22.7 Å². The minimum absolute atomic E-state index is 0.00786. The molecule has 0 aliphatic rings. The molecule has 0 saturated carbocycles. The van der Waals surface area contributed by atoms with E-state index in [0.717, 1.165) is 15.4 Å². The van der Waals surface area contributed by atoms with E-state index < -0.39 is 28.5 Å². The number of carbonyl (C=O) groups is 2. The van der Waals surface area contributed by atoms with Gasteiger partial charge in [-0.25, -0.2) is 8.42 Å². The predicted molar refractivity (Wildman–Crippen MR) is 178 cm³/mol. The molecule has 4 aromatic carbocycles. The summed E-state index contributed by atoms with van der Waals surface area (Å²) in [6.07, 6.45) is 0.928. The van der Waals surface area contributed by atoms with E-state index in [1.165, 1.54) is 24.1 Å². The van der Waals surface area contributed by atoms with E-state index in [1.54, 1.807) is 60.7 Å². The molecule has 1 N–H and O–H groups in total. The first-order valence-electron chi connectivity index (χ1n) is 14.7. The number of hydrogen-bond acceptors (Lipinski definition) is 5. The van der Waals surface area contributed by atoms with Crippen LogP contribution in [0, 0.1) is 6.92 Å². The Morgan fingerprint density at radius 2 is 1.60 bits per heavy atom. The molecule has 0 saturated heterocycles. The number of anilines is 1. The average molecular weight is 648 g/mol. The van der Waals surface area contributed by atoms with Crippen LogP contribution in [-0.4, -0.2) is 51.4 Å². The van der Waals surface area contributed by atoms with Gasteiger partial charge in [-0.05, 0) is 54.8 Å². The molecular formula is C35H38ClN3O5S. The second-order valence-electron chi connectivity index (χ2n) is 10.6.